The first-order valence-corrected chi connectivity index (χ1v) is 19.4. The predicted octanol–water partition coefficient (Wildman–Crippen LogP) is 6.64. The van der Waals surface area contributed by atoms with Crippen molar-refractivity contribution < 1.29 is 38.2 Å². The van der Waals surface area contributed by atoms with E-state index in [1.54, 1.807) is 21.1 Å². The van der Waals surface area contributed by atoms with E-state index < -0.39 is 12.2 Å². The normalized spacial score (nSPS) is 15.1. The third kappa shape index (κ3) is 17.6. The number of methoxy groups -OCH3 is 2. The Balaban J connectivity index is 0.000000395. The highest BCUT2D eigenvalue weighted by molar-refractivity contribution is 7.21. The van der Waals surface area contributed by atoms with Gasteiger partial charge in [0.1, 0.15) is 18.1 Å². The number of hydrogen-bond acceptors (Lipinski definition) is 10. The van der Waals surface area contributed by atoms with E-state index in [0.29, 0.717) is 24.9 Å². The van der Waals surface area contributed by atoms with Crippen molar-refractivity contribution in [1.82, 2.24) is 25.4 Å². The van der Waals surface area contributed by atoms with Crippen LogP contribution in [0.5, 0.6) is 0 Å². The Morgan fingerprint density at radius 3 is 1.58 bits per heavy atom. The standard InChI is InChI=1S/C15H11N3O2S.2C9H16N2O3.2C3H8/c19-8-16-11-3-1-10(2-4-11)15-18-13-6-5-12(17-9-20)7-14(13)21-15;2*1-7-4-3-5-11(7)8(12)6-10-9(13)14-2;2*1-3-2/h1-9H,(H,16,19)(H,17,20);2*7H,3-6H2,1-2H3,(H,10,13);2*3H2,1-2H3/t;2*7-;;/m.00../s1. The number of nitrogens with zero attached hydrogens (tertiary/aromatic N) is 3. The second-order valence-corrected chi connectivity index (χ2v) is 13.6. The van der Waals surface area contributed by atoms with Gasteiger partial charge in [0.2, 0.25) is 24.6 Å². The summed E-state index contributed by atoms with van der Waals surface area (Å²) in [6, 6.07) is 13.7. The summed E-state index contributed by atoms with van der Waals surface area (Å²) in [5, 5.41) is 10.9. The van der Waals surface area contributed by atoms with Crippen molar-refractivity contribution in [2.45, 2.75) is 92.2 Å². The Kier molecular flexibility index (Phi) is 23.8. The number of ether oxygens (including phenoxy) is 2. The van der Waals surface area contributed by atoms with E-state index in [-0.39, 0.29) is 24.9 Å². The highest BCUT2D eigenvalue weighted by Gasteiger charge is 2.26. The summed E-state index contributed by atoms with van der Waals surface area (Å²) in [5.41, 5.74) is 3.37. The molecule has 0 unspecified atom stereocenters. The average molecular weight is 786 g/mol. The summed E-state index contributed by atoms with van der Waals surface area (Å²) in [7, 11) is 2.55. The van der Waals surface area contributed by atoms with Crippen LogP contribution < -0.4 is 21.3 Å². The second kappa shape index (κ2) is 27.4. The van der Waals surface area contributed by atoms with Crippen molar-refractivity contribution in [3.63, 3.8) is 0 Å². The molecule has 55 heavy (non-hydrogen) atoms. The molecule has 0 aliphatic carbocycles. The largest absolute Gasteiger partial charge is 0.453 e. The third-order valence-corrected chi connectivity index (χ3v) is 8.92. The van der Waals surface area contributed by atoms with E-state index in [9.17, 15) is 28.8 Å². The lowest BCUT2D eigenvalue weighted by atomic mass is 10.2. The molecule has 3 aromatic rings. The van der Waals surface area contributed by atoms with Gasteiger partial charge in [-0.05, 0) is 82.0 Å². The molecule has 1 aromatic heterocycles. The van der Waals surface area contributed by atoms with Gasteiger partial charge in [-0.15, -0.1) is 11.3 Å². The number of hydrogen-bond donors (Lipinski definition) is 4. The van der Waals surface area contributed by atoms with E-state index in [4.69, 9.17) is 0 Å². The molecular weight excluding hydrogens is 727 g/mol. The highest BCUT2D eigenvalue weighted by Crippen LogP contribution is 2.32. The maximum absolute atomic E-state index is 11.5. The zero-order chi connectivity index (χ0) is 41.2. The molecule has 4 N–H and O–H groups in total. The number of likely N-dealkylation sites (tertiary alicyclic amines) is 2. The first-order chi connectivity index (χ1) is 26.4. The number of aromatic nitrogens is 1. The fraction of sp³-hybridized carbons (Fsp3) is 0.513. The van der Waals surface area contributed by atoms with E-state index in [2.05, 4.69) is 63.4 Å². The van der Waals surface area contributed by atoms with Gasteiger partial charge in [-0.2, -0.15) is 0 Å². The first-order valence-electron chi connectivity index (χ1n) is 18.6. The lowest BCUT2D eigenvalue weighted by molar-refractivity contribution is -0.131. The number of fused-ring (bicyclic) bond motifs is 1. The van der Waals surface area contributed by atoms with Gasteiger partial charge in [-0.25, -0.2) is 14.6 Å². The van der Waals surface area contributed by atoms with Gasteiger partial charge in [-0.1, -0.05) is 40.5 Å². The molecule has 304 valence electrons. The fourth-order valence-corrected chi connectivity index (χ4v) is 6.24. The smallest absolute Gasteiger partial charge is 0.407 e. The maximum atomic E-state index is 11.5. The minimum Gasteiger partial charge on any atom is -0.453 e. The molecule has 15 nitrogen and oxygen atoms in total. The first kappa shape index (κ1) is 47.8. The van der Waals surface area contributed by atoms with Gasteiger partial charge in [0, 0.05) is 42.1 Å². The van der Waals surface area contributed by atoms with Crippen molar-refractivity contribution >= 4 is 69.7 Å². The van der Waals surface area contributed by atoms with Crippen LogP contribution in [0, 0.1) is 0 Å². The fourth-order valence-electron chi connectivity index (χ4n) is 5.23. The van der Waals surface area contributed by atoms with E-state index in [1.165, 1.54) is 27.1 Å². The molecule has 5 rings (SSSR count). The van der Waals surface area contributed by atoms with E-state index >= 15 is 0 Å². The molecule has 2 atom stereocenters. The average Bonchev–Trinajstić information content (AvgIpc) is 3.94. The van der Waals surface area contributed by atoms with Gasteiger partial charge >= 0.3 is 12.2 Å². The number of amides is 6. The van der Waals surface area contributed by atoms with Gasteiger partial charge in [0.15, 0.2) is 0 Å². The summed E-state index contributed by atoms with van der Waals surface area (Å²) in [4.78, 5) is 73.5. The van der Waals surface area contributed by atoms with E-state index in [0.717, 1.165) is 70.9 Å². The van der Waals surface area contributed by atoms with Gasteiger partial charge in [0.25, 0.3) is 0 Å². The molecule has 0 spiro atoms. The van der Waals surface area contributed by atoms with Crippen LogP contribution in [0.2, 0.25) is 0 Å². The second-order valence-electron chi connectivity index (χ2n) is 12.6. The molecule has 2 fully saturated rings. The van der Waals surface area contributed by atoms with Crippen LogP contribution in [0.25, 0.3) is 20.8 Å². The van der Waals surface area contributed by atoms with Gasteiger partial charge < -0.3 is 40.5 Å². The van der Waals surface area contributed by atoms with Crippen molar-refractivity contribution in [3.8, 4) is 10.6 Å². The molecule has 0 bridgehead atoms. The van der Waals surface area contributed by atoms with Crippen LogP contribution in [0.3, 0.4) is 0 Å². The van der Waals surface area contributed by atoms with Crippen molar-refractivity contribution in [2.75, 3.05) is 51.0 Å². The summed E-state index contributed by atoms with van der Waals surface area (Å²) in [6.07, 6.45) is 6.86. The number of benzene rings is 2. The van der Waals surface area contributed by atoms with Gasteiger partial charge in [-0.3, -0.25) is 19.2 Å². The molecule has 2 aliphatic heterocycles. The minimum atomic E-state index is -0.565. The lowest BCUT2D eigenvalue weighted by Crippen LogP contribution is -2.41. The summed E-state index contributed by atoms with van der Waals surface area (Å²) < 4.78 is 9.75. The zero-order valence-electron chi connectivity index (χ0n) is 33.4. The molecule has 16 heteroatoms. The molecule has 2 aliphatic rings. The van der Waals surface area contributed by atoms with Gasteiger partial charge in [0.05, 0.1) is 24.4 Å². The van der Waals surface area contributed by atoms with Crippen LogP contribution in [-0.4, -0.2) is 104 Å². The summed E-state index contributed by atoms with van der Waals surface area (Å²) in [6.45, 7) is 14.2. The lowest BCUT2D eigenvalue weighted by Gasteiger charge is -2.21. The summed E-state index contributed by atoms with van der Waals surface area (Å²) in [5.74, 6) is -0.0826. The SMILES string of the molecule is CCC.CCC.COC(=O)NCC(=O)N1CCC[C@@H]1C.COC(=O)NCC(=O)N1CCC[C@@H]1C.O=CNc1ccc(-c2nc3ccc(NC=O)cc3s2)cc1. The number of alkyl carbamates (subject to hydrolysis) is 2. The zero-order valence-corrected chi connectivity index (χ0v) is 34.3. The Morgan fingerprint density at radius 1 is 0.745 bits per heavy atom. The molecule has 6 amide bonds. The topological polar surface area (TPSA) is 188 Å². The number of carbonyl (C=O) groups excluding carboxylic acids is 6. The molecule has 2 aromatic carbocycles. The van der Waals surface area contributed by atoms with Crippen molar-refractivity contribution in [2.24, 2.45) is 0 Å². The van der Waals surface area contributed by atoms with Crippen LogP contribution in [0.15, 0.2) is 42.5 Å². The number of thiazole rings is 1. The Bertz CT molecular complexity index is 1570. The van der Waals surface area contributed by atoms with E-state index in [1.807, 2.05) is 56.3 Å². The van der Waals surface area contributed by atoms with Crippen LogP contribution >= 0.6 is 11.3 Å². The number of anilines is 2. The quantitative estimate of drug-likeness (QED) is 0.173. The van der Waals surface area contributed by atoms with Crippen LogP contribution in [0.4, 0.5) is 21.0 Å². The molecule has 0 saturated carbocycles. The molecular formula is C39H59N7O8S. The number of nitrogens with one attached hydrogen (secondary N) is 4. The third-order valence-electron chi connectivity index (χ3n) is 7.86. The molecule has 0 radical (unpaired) electrons. The van der Waals surface area contributed by atoms with Crippen molar-refractivity contribution in [3.05, 3.63) is 42.5 Å². The van der Waals surface area contributed by atoms with Crippen molar-refractivity contribution in [1.29, 1.82) is 0 Å². The Hall–Kier alpha value is -5.25. The monoisotopic (exact) mass is 785 g/mol. The highest BCUT2D eigenvalue weighted by atomic mass is 32.1. The van der Waals surface area contributed by atoms with Crippen LogP contribution in [0.1, 0.15) is 80.1 Å². The Morgan fingerprint density at radius 2 is 1.18 bits per heavy atom. The minimum absolute atomic E-state index is 0.0248. The number of rotatable bonds is 9. The summed E-state index contributed by atoms with van der Waals surface area (Å²) >= 11 is 1.55. The molecule has 3 heterocycles. The van der Waals surface area contributed by atoms with Crippen LogP contribution in [-0.2, 0) is 28.7 Å². The maximum Gasteiger partial charge on any atom is 0.407 e. The number of carbonyl (C=O) groups is 6. The molecule has 2 saturated heterocycles. The Labute approximate surface area is 328 Å². The predicted molar refractivity (Wildman–Crippen MR) is 218 cm³/mol.